The van der Waals surface area contributed by atoms with Crippen molar-refractivity contribution in [2.24, 2.45) is 0 Å². The highest BCUT2D eigenvalue weighted by atomic mass is 35.5. The molecule has 0 aliphatic heterocycles. The third-order valence-electron chi connectivity index (χ3n) is 3.00. The summed E-state index contributed by atoms with van der Waals surface area (Å²) in [5.74, 6) is -3.19. The second kappa shape index (κ2) is 6.07. The predicted molar refractivity (Wildman–Crippen MR) is 77.2 cm³/mol. The molecule has 0 unspecified atom stereocenters. The molecule has 1 amide bonds. The lowest BCUT2D eigenvalue weighted by Crippen LogP contribution is -2.14. The number of amides is 1. The van der Waals surface area contributed by atoms with Gasteiger partial charge in [0.05, 0.1) is 26.8 Å². The summed E-state index contributed by atoms with van der Waals surface area (Å²) in [7, 11) is 0. The molecule has 0 saturated carbocycles. The molecule has 2 rings (SSSR count). The number of hydrogen-bond donors (Lipinski definition) is 1. The van der Waals surface area contributed by atoms with E-state index in [0.29, 0.717) is 12.1 Å². The van der Waals surface area contributed by atoms with E-state index in [1.54, 1.807) is 0 Å². The number of nitrogens with one attached hydrogen (secondary N) is 1. The van der Waals surface area contributed by atoms with E-state index in [0.717, 1.165) is 0 Å². The minimum Gasteiger partial charge on any atom is -0.321 e. The van der Waals surface area contributed by atoms with Gasteiger partial charge >= 0.3 is 0 Å². The number of hydrogen-bond acceptors (Lipinski definition) is 3. The summed E-state index contributed by atoms with van der Waals surface area (Å²) in [6.45, 7) is 1.46. The zero-order valence-electron chi connectivity index (χ0n) is 11.2. The molecule has 0 spiro atoms. The smallest absolute Gasteiger partial charge is 0.274 e. The molecule has 5 nitrogen and oxygen atoms in total. The topological polar surface area (TPSA) is 72.2 Å². The first-order chi connectivity index (χ1) is 10.3. The summed E-state index contributed by atoms with van der Waals surface area (Å²) in [5, 5.41) is 13.0. The van der Waals surface area contributed by atoms with Gasteiger partial charge < -0.3 is 5.32 Å². The van der Waals surface area contributed by atoms with Gasteiger partial charge in [0.2, 0.25) is 0 Å². The number of carbonyl (C=O) groups is 1. The number of nitro groups is 1. The normalized spacial score (nSPS) is 10.4. The van der Waals surface area contributed by atoms with E-state index in [2.05, 4.69) is 5.32 Å². The largest absolute Gasteiger partial charge is 0.321 e. The minimum atomic E-state index is -1.22. The lowest BCUT2D eigenvalue weighted by molar-refractivity contribution is -0.385. The van der Waals surface area contributed by atoms with Crippen molar-refractivity contribution in [3.8, 4) is 0 Å². The highest BCUT2D eigenvalue weighted by Gasteiger charge is 2.18. The molecule has 0 atom stereocenters. The van der Waals surface area contributed by atoms with E-state index >= 15 is 0 Å². The first-order valence-electron chi connectivity index (χ1n) is 6.01. The second-order valence-electron chi connectivity index (χ2n) is 4.41. The van der Waals surface area contributed by atoms with Crippen molar-refractivity contribution in [3.63, 3.8) is 0 Å². The highest BCUT2D eigenvalue weighted by molar-refractivity contribution is 6.34. The Morgan fingerprint density at radius 1 is 1.27 bits per heavy atom. The van der Waals surface area contributed by atoms with Gasteiger partial charge in [-0.3, -0.25) is 14.9 Å². The average Bonchev–Trinajstić information content (AvgIpc) is 2.44. The van der Waals surface area contributed by atoms with Gasteiger partial charge in [-0.05, 0) is 25.1 Å². The number of anilines is 1. The van der Waals surface area contributed by atoms with Gasteiger partial charge in [0, 0.05) is 6.07 Å². The fraction of sp³-hybridized carbons (Fsp3) is 0.0714. The molecule has 22 heavy (non-hydrogen) atoms. The molecule has 2 aromatic rings. The van der Waals surface area contributed by atoms with Crippen LogP contribution in [0.5, 0.6) is 0 Å². The van der Waals surface area contributed by atoms with Gasteiger partial charge in [-0.15, -0.1) is 0 Å². The molecule has 2 aromatic carbocycles. The number of rotatable bonds is 3. The number of carbonyl (C=O) groups excluding carboxylic acids is 1. The monoisotopic (exact) mass is 326 g/mol. The molecule has 114 valence electrons. The quantitative estimate of drug-likeness (QED) is 0.524. The van der Waals surface area contributed by atoms with Crippen LogP contribution in [0, 0.1) is 28.7 Å². The predicted octanol–water partition coefficient (Wildman–Crippen LogP) is 4.09. The summed E-state index contributed by atoms with van der Waals surface area (Å²) in [4.78, 5) is 22.3. The SMILES string of the molecule is Cc1c(NC(=O)c2cc(F)c(F)cc2Cl)cccc1[N+](=O)[O-]. The van der Waals surface area contributed by atoms with Gasteiger partial charge in [-0.1, -0.05) is 17.7 Å². The Morgan fingerprint density at radius 3 is 2.55 bits per heavy atom. The Labute approximate surface area is 128 Å². The lowest BCUT2D eigenvalue weighted by atomic mass is 10.1. The maximum absolute atomic E-state index is 13.2. The molecule has 0 heterocycles. The van der Waals surface area contributed by atoms with Crippen molar-refractivity contribution in [1.29, 1.82) is 0 Å². The third-order valence-corrected chi connectivity index (χ3v) is 3.32. The first kappa shape index (κ1) is 15.8. The van der Waals surface area contributed by atoms with E-state index in [1.807, 2.05) is 0 Å². The zero-order chi connectivity index (χ0) is 16.4. The standard InChI is InChI=1S/C14H9ClF2N2O3/c1-7-12(3-2-4-13(7)19(21)22)18-14(20)8-5-10(16)11(17)6-9(8)15/h2-6H,1H3,(H,18,20). The van der Waals surface area contributed by atoms with Gasteiger partial charge in [-0.2, -0.15) is 0 Å². The molecule has 0 bridgehead atoms. The molecule has 0 fully saturated rings. The zero-order valence-corrected chi connectivity index (χ0v) is 11.9. The average molecular weight is 327 g/mol. The van der Waals surface area contributed by atoms with E-state index in [-0.39, 0.29) is 27.5 Å². The van der Waals surface area contributed by atoms with Gasteiger partial charge in [0.25, 0.3) is 11.6 Å². The molecular weight excluding hydrogens is 318 g/mol. The molecule has 0 saturated heterocycles. The van der Waals surface area contributed by atoms with E-state index in [9.17, 15) is 23.7 Å². The van der Waals surface area contributed by atoms with Crippen LogP contribution < -0.4 is 5.32 Å². The molecule has 0 aliphatic rings. The van der Waals surface area contributed by atoms with Crippen molar-refractivity contribution in [3.05, 3.63) is 68.2 Å². The van der Waals surface area contributed by atoms with E-state index < -0.39 is 22.5 Å². The number of nitrogens with zero attached hydrogens (tertiary/aromatic N) is 1. The Bertz CT molecular complexity index is 781. The van der Waals surface area contributed by atoms with Gasteiger partial charge in [0.15, 0.2) is 11.6 Å². The molecule has 8 heteroatoms. The van der Waals surface area contributed by atoms with Crippen molar-refractivity contribution in [2.45, 2.75) is 6.92 Å². The van der Waals surface area contributed by atoms with Crippen molar-refractivity contribution >= 4 is 28.9 Å². The van der Waals surface area contributed by atoms with Crippen molar-refractivity contribution < 1.29 is 18.5 Å². The second-order valence-corrected chi connectivity index (χ2v) is 4.81. The Balaban J connectivity index is 2.36. The molecule has 0 aliphatic carbocycles. The minimum absolute atomic E-state index is 0.172. The summed E-state index contributed by atoms with van der Waals surface area (Å²) < 4.78 is 26.2. The summed E-state index contributed by atoms with van der Waals surface area (Å²) in [6, 6.07) is 5.49. The van der Waals surface area contributed by atoms with Crippen LogP contribution in [0.15, 0.2) is 30.3 Å². The van der Waals surface area contributed by atoms with Crippen LogP contribution in [0.1, 0.15) is 15.9 Å². The van der Waals surface area contributed by atoms with Crippen LogP contribution in [0.25, 0.3) is 0 Å². The maximum Gasteiger partial charge on any atom is 0.274 e. The third kappa shape index (κ3) is 3.04. The van der Waals surface area contributed by atoms with E-state index in [1.165, 1.54) is 25.1 Å². The fourth-order valence-electron chi connectivity index (χ4n) is 1.84. The summed E-state index contributed by atoms with van der Waals surface area (Å²) in [5.41, 5.74) is -0.0276. The van der Waals surface area contributed by atoms with Crippen LogP contribution in [0.4, 0.5) is 20.2 Å². The van der Waals surface area contributed by atoms with Crippen LogP contribution >= 0.6 is 11.6 Å². The molecule has 1 N–H and O–H groups in total. The summed E-state index contributed by atoms with van der Waals surface area (Å²) >= 11 is 5.71. The molecule has 0 radical (unpaired) electrons. The van der Waals surface area contributed by atoms with Crippen LogP contribution in [-0.4, -0.2) is 10.8 Å². The number of nitro benzene ring substituents is 1. The Hall–Kier alpha value is -2.54. The Morgan fingerprint density at radius 2 is 1.91 bits per heavy atom. The highest BCUT2D eigenvalue weighted by Crippen LogP contribution is 2.27. The van der Waals surface area contributed by atoms with Crippen molar-refractivity contribution in [2.75, 3.05) is 5.32 Å². The van der Waals surface area contributed by atoms with Crippen molar-refractivity contribution in [1.82, 2.24) is 0 Å². The summed E-state index contributed by atoms with van der Waals surface area (Å²) in [6.07, 6.45) is 0. The van der Waals surface area contributed by atoms with Gasteiger partial charge in [-0.25, -0.2) is 8.78 Å². The number of benzene rings is 2. The van der Waals surface area contributed by atoms with Crippen LogP contribution in [0.3, 0.4) is 0 Å². The first-order valence-corrected chi connectivity index (χ1v) is 6.39. The fourth-order valence-corrected chi connectivity index (χ4v) is 2.08. The molecule has 0 aromatic heterocycles. The Kier molecular flexibility index (Phi) is 4.37. The molecular formula is C14H9ClF2N2O3. The van der Waals surface area contributed by atoms with Crippen LogP contribution in [0.2, 0.25) is 5.02 Å². The van der Waals surface area contributed by atoms with Gasteiger partial charge in [0.1, 0.15) is 0 Å². The maximum atomic E-state index is 13.2. The number of halogens is 3. The van der Waals surface area contributed by atoms with E-state index in [4.69, 9.17) is 11.6 Å². The lowest BCUT2D eigenvalue weighted by Gasteiger charge is -2.10. The van der Waals surface area contributed by atoms with Crippen LogP contribution in [-0.2, 0) is 0 Å².